The summed E-state index contributed by atoms with van der Waals surface area (Å²) in [5.41, 5.74) is 1.83. The van der Waals surface area contributed by atoms with Crippen LogP contribution in [0.3, 0.4) is 0 Å². The van der Waals surface area contributed by atoms with E-state index in [1.54, 1.807) is 11.8 Å². The predicted molar refractivity (Wildman–Crippen MR) is 118 cm³/mol. The minimum Gasteiger partial charge on any atom is -0.413 e. The van der Waals surface area contributed by atoms with Crippen LogP contribution in [0.5, 0.6) is 0 Å². The molecule has 1 aromatic carbocycles. The first-order valence-electron chi connectivity index (χ1n) is 10.3. The molecule has 2 atom stereocenters. The molecule has 1 aromatic rings. The molecule has 1 aliphatic heterocycles. The minimum absolute atomic E-state index is 0.0677. The van der Waals surface area contributed by atoms with Gasteiger partial charge in [0.1, 0.15) is 5.44 Å². The predicted octanol–water partition coefficient (Wildman–Crippen LogP) is 6.84. The van der Waals surface area contributed by atoms with Crippen molar-refractivity contribution in [1.82, 2.24) is 0 Å². The van der Waals surface area contributed by atoms with Gasteiger partial charge in [0.15, 0.2) is 14.1 Å². The molecular formula is C22H38O3SSi. The van der Waals surface area contributed by atoms with Gasteiger partial charge in [-0.15, -0.1) is 0 Å². The third-order valence-electron chi connectivity index (χ3n) is 5.56. The summed E-state index contributed by atoms with van der Waals surface area (Å²) < 4.78 is 19.2. The smallest absolute Gasteiger partial charge is 0.200 e. The minimum atomic E-state index is -1.88. The highest BCUT2D eigenvalue weighted by Gasteiger charge is 2.46. The van der Waals surface area contributed by atoms with Crippen molar-refractivity contribution in [2.45, 2.75) is 101 Å². The van der Waals surface area contributed by atoms with Crippen molar-refractivity contribution in [1.29, 1.82) is 0 Å². The van der Waals surface area contributed by atoms with Crippen molar-refractivity contribution in [2.24, 2.45) is 0 Å². The summed E-state index contributed by atoms with van der Waals surface area (Å²) in [5, 5.41) is 0. The quantitative estimate of drug-likeness (QED) is 0.439. The fraction of sp³-hybridized carbons (Fsp3) is 0.727. The van der Waals surface area contributed by atoms with E-state index in [0.29, 0.717) is 23.2 Å². The summed E-state index contributed by atoms with van der Waals surface area (Å²) in [5.74, 6) is -0.587. The lowest BCUT2D eigenvalue weighted by Crippen LogP contribution is -2.51. The molecule has 0 amide bonds. The fourth-order valence-electron chi connectivity index (χ4n) is 4.62. The molecule has 0 bridgehead atoms. The van der Waals surface area contributed by atoms with Gasteiger partial charge in [0.2, 0.25) is 0 Å². The maximum absolute atomic E-state index is 6.79. The van der Waals surface area contributed by atoms with Crippen LogP contribution in [-0.2, 0) is 13.9 Å². The van der Waals surface area contributed by atoms with Gasteiger partial charge in [-0.1, -0.05) is 71.5 Å². The van der Waals surface area contributed by atoms with Crippen molar-refractivity contribution in [3.8, 4) is 0 Å². The van der Waals surface area contributed by atoms with E-state index in [1.165, 1.54) is 4.90 Å². The molecule has 1 aliphatic rings. The highest BCUT2D eigenvalue weighted by atomic mass is 32.2. The van der Waals surface area contributed by atoms with E-state index in [0.717, 1.165) is 6.42 Å². The van der Waals surface area contributed by atoms with E-state index in [-0.39, 0.29) is 11.5 Å². The topological polar surface area (TPSA) is 27.7 Å². The number of hydrogen-bond acceptors (Lipinski definition) is 4. The number of benzene rings is 1. The second-order valence-corrected chi connectivity index (χ2v) is 15.7. The monoisotopic (exact) mass is 410 g/mol. The fourth-order valence-corrected chi connectivity index (χ4v) is 11.3. The number of hydrogen-bond donors (Lipinski definition) is 0. The van der Waals surface area contributed by atoms with Crippen LogP contribution < -0.4 is 0 Å². The summed E-state index contributed by atoms with van der Waals surface area (Å²) in [6, 6.07) is 10.5. The summed E-state index contributed by atoms with van der Waals surface area (Å²) in [7, 11) is -1.88. The van der Waals surface area contributed by atoms with E-state index in [1.807, 2.05) is 19.9 Å². The Morgan fingerprint density at radius 2 is 1.56 bits per heavy atom. The molecule has 0 spiro atoms. The van der Waals surface area contributed by atoms with E-state index in [4.69, 9.17) is 13.9 Å². The van der Waals surface area contributed by atoms with Gasteiger partial charge in [-0.05, 0) is 42.6 Å². The van der Waals surface area contributed by atoms with Crippen molar-refractivity contribution in [3.05, 3.63) is 30.3 Å². The molecule has 3 nitrogen and oxygen atoms in total. The Morgan fingerprint density at radius 3 is 2.07 bits per heavy atom. The van der Waals surface area contributed by atoms with Gasteiger partial charge in [-0.3, -0.25) is 0 Å². The molecule has 1 heterocycles. The molecule has 0 unspecified atom stereocenters. The van der Waals surface area contributed by atoms with Gasteiger partial charge in [0, 0.05) is 11.3 Å². The van der Waals surface area contributed by atoms with Crippen LogP contribution >= 0.6 is 11.8 Å². The summed E-state index contributed by atoms with van der Waals surface area (Å²) in [6.07, 6.45) is 0.917. The highest BCUT2D eigenvalue weighted by molar-refractivity contribution is 7.99. The Balaban J connectivity index is 2.08. The molecule has 5 heteroatoms. The van der Waals surface area contributed by atoms with Crippen LogP contribution in [-0.4, -0.2) is 32.3 Å². The van der Waals surface area contributed by atoms with E-state index in [2.05, 4.69) is 65.8 Å². The van der Waals surface area contributed by atoms with Gasteiger partial charge in [0.25, 0.3) is 0 Å². The van der Waals surface area contributed by atoms with E-state index in [9.17, 15) is 0 Å². The average molecular weight is 411 g/mol. The Kier molecular flexibility index (Phi) is 8.03. The summed E-state index contributed by atoms with van der Waals surface area (Å²) in [6.45, 7) is 18.7. The lowest BCUT2D eigenvalue weighted by molar-refractivity contribution is -0.285. The van der Waals surface area contributed by atoms with Crippen molar-refractivity contribution < 1.29 is 13.9 Å². The van der Waals surface area contributed by atoms with Crippen LogP contribution in [0.4, 0.5) is 0 Å². The zero-order valence-electron chi connectivity index (χ0n) is 18.3. The SMILES string of the molecule is CC(C)[Si](OC[C@@H]1C[C@H](Sc2ccccc2)OC(C)(C)O1)(C(C)C)C(C)C. The molecule has 0 aliphatic carbocycles. The average Bonchev–Trinajstić information content (AvgIpc) is 2.53. The number of rotatable bonds is 8. The van der Waals surface area contributed by atoms with Gasteiger partial charge in [-0.25, -0.2) is 0 Å². The Morgan fingerprint density at radius 1 is 1.00 bits per heavy atom. The second kappa shape index (κ2) is 9.44. The molecule has 0 radical (unpaired) electrons. The molecule has 1 fully saturated rings. The first kappa shape index (κ1) is 23.0. The van der Waals surface area contributed by atoms with Crippen molar-refractivity contribution in [3.63, 3.8) is 0 Å². The summed E-state index contributed by atoms with van der Waals surface area (Å²) in [4.78, 5) is 1.23. The molecule has 0 saturated carbocycles. The third kappa shape index (κ3) is 5.83. The van der Waals surface area contributed by atoms with Crippen LogP contribution in [0.2, 0.25) is 16.6 Å². The lowest BCUT2D eigenvalue weighted by Gasteiger charge is -2.45. The second-order valence-electron chi connectivity index (χ2n) is 8.98. The third-order valence-corrected chi connectivity index (χ3v) is 12.7. The van der Waals surface area contributed by atoms with Crippen LogP contribution in [0.15, 0.2) is 35.2 Å². The maximum Gasteiger partial charge on any atom is 0.200 e. The molecular weight excluding hydrogens is 372 g/mol. The number of ether oxygens (including phenoxy) is 2. The zero-order chi connectivity index (χ0) is 20.2. The largest absolute Gasteiger partial charge is 0.413 e. The maximum atomic E-state index is 6.79. The van der Waals surface area contributed by atoms with Crippen molar-refractivity contribution in [2.75, 3.05) is 6.61 Å². The number of thioether (sulfide) groups is 1. The molecule has 27 heavy (non-hydrogen) atoms. The first-order valence-corrected chi connectivity index (χ1v) is 13.3. The van der Waals surface area contributed by atoms with Crippen LogP contribution in [0.1, 0.15) is 61.8 Å². The zero-order valence-corrected chi connectivity index (χ0v) is 20.1. The Hall–Kier alpha value is -0.333. The summed E-state index contributed by atoms with van der Waals surface area (Å²) >= 11 is 1.78. The molecule has 154 valence electrons. The van der Waals surface area contributed by atoms with Gasteiger partial charge < -0.3 is 13.9 Å². The van der Waals surface area contributed by atoms with Crippen LogP contribution in [0, 0.1) is 0 Å². The standard InChI is InChI=1S/C22H38O3SSi/c1-16(2)27(17(3)4,18(5)6)23-15-19-14-21(25-22(7,8)24-19)26-20-12-10-9-11-13-20/h9-13,16-19,21H,14-15H2,1-8H3/t19-,21-/m0/s1. The molecule has 2 rings (SSSR count). The Labute approximate surface area is 171 Å². The van der Waals surface area contributed by atoms with Gasteiger partial charge in [0.05, 0.1) is 12.7 Å². The molecule has 0 N–H and O–H groups in total. The molecule has 0 aromatic heterocycles. The normalized spacial score (nSPS) is 23.4. The van der Waals surface area contributed by atoms with Gasteiger partial charge >= 0.3 is 0 Å². The van der Waals surface area contributed by atoms with Gasteiger partial charge in [-0.2, -0.15) is 0 Å². The van der Waals surface area contributed by atoms with E-state index < -0.39 is 14.1 Å². The van der Waals surface area contributed by atoms with Crippen molar-refractivity contribution >= 4 is 20.1 Å². The van der Waals surface area contributed by atoms with E-state index >= 15 is 0 Å². The highest BCUT2D eigenvalue weighted by Crippen LogP contribution is 2.43. The molecule has 1 saturated heterocycles. The first-order chi connectivity index (χ1) is 12.6. The lowest BCUT2D eigenvalue weighted by atomic mass is 10.2. The Bertz CT molecular complexity index is 552. The van der Waals surface area contributed by atoms with Crippen LogP contribution in [0.25, 0.3) is 0 Å².